The van der Waals surface area contributed by atoms with E-state index in [0.717, 1.165) is 23.7 Å². The second-order valence-corrected chi connectivity index (χ2v) is 5.48. The SMILES string of the molecule is CC(C)C(=O)C1(c2ccnc3ccccc23)CC1. The summed E-state index contributed by atoms with van der Waals surface area (Å²) in [5, 5.41) is 1.13. The summed E-state index contributed by atoms with van der Waals surface area (Å²) in [6.07, 6.45) is 3.79. The summed E-state index contributed by atoms with van der Waals surface area (Å²) in [5.41, 5.74) is 1.93. The lowest BCUT2D eigenvalue weighted by molar-refractivity contribution is -0.124. The molecule has 1 heterocycles. The first-order chi connectivity index (χ1) is 8.65. The first-order valence-corrected chi connectivity index (χ1v) is 6.54. The molecule has 18 heavy (non-hydrogen) atoms. The second kappa shape index (κ2) is 3.91. The predicted molar refractivity (Wildman–Crippen MR) is 72.5 cm³/mol. The molecule has 2 heteroatoms. The van der Waals surface area contributed by atoms with Gasteiger partial charge in [0, 0.05) is 17.5 Å². The lowest BCUT2D eigenvalue weighted by Crippen LogP contribution is -2.25. The summed E-state index contributed by atoms with van der Waals surface area (Å²) in [7, 11) is 0. The van der Waals surface area contributed by atoms with Crippen LogP contribution >= 0.6 is 0 Å². The van der Waals surface area contributed by atoms with Crippen LogP contribution in [-0.4, -0.2) is 10.8 Å². The molecule has 1 aromatic carbocycles. The summed E-state index contributed by atoms with van der Waals surface area (Å²) < 4.78 is 0. The van der Waals surface area contributed by atoms with Gasteiger partial charge in [-0.1, -0.05) is 32.0 Å². The Morgan fingerprint density at radius 3 is 2.61 bits per heavy atom. The highest BCUT2D eigenvalue weighted by atomic mass is 16.1. The van der Waals surface area contributed by atoms with Crippen LogP contribution in [0.1, 0.15) is 32.3 Å². The van der Waals surface area contributed by atoms with E-state index in [2.05, 4.69) is 11.1 Å². The highest BCUT2D eigenvalue weighted by molar-refractivity contribution is 5.99. The first-order valence-electron chi connectivity index (χ1n) is 6.54. The molecule has 1 aliphatic carbocycles. The van der Waals surface area contributed by atoms with Crippen molar-refractivity contribution < 1.29 is 4.79 Å². The third-order valence-electron chi connectivity index (χ3n) is 3.91. The van der Waals surface area contributed by atoms with E-state index in [1.54, 1.807) is 0 Å². The average molecular weight is 239 g/mol. The van der Waals surface area contributed by atoms with Crippen molar-refractivity contribution in [1.29, 1.82) is 0 Å². The molecule has 0 radical (unpaired) electrons. The van der Waals surface area contributed by atoms with E-state index in [1.807, 2.05) is 44.3 Å². The number of Topliss-reactive ketones (excluding diaryl/α,β-unsaturated/α-hetero) is 1. The van der Waals surface area contributed by atoms with Crippen LogP contribution in [-0.2, 0) is 10.2 Å². The fraction of sp³-hybridized carbons (Fsp3) is 0.375. The van der Waals surface area contributed by atoms with Crippen LogP contribution in [0.5, 0.6) is 0 Å². The van der Waals surface area contributed by atoms with E-state index in [4.69, 9.17) is 0 Å². The summed E-state index contributed by atoms with van der Waals surface area (Å²) in [5.74, 6) is 0.471. The standard InChI is InChI=1S/C16H17NO/c1-11(2)15(18)16(8-9-16)13-7-10-17-14-6-4-3-5-12(13)14/h3-7,10-11H,8-9H2,1-2H3. The molecule has 1 aromatic heterocycles. The third-order valence-corrected chi connectivity index (χ3v) is 3.91. The van der Waals surface area contributed by atoms with Gasteiger partial charge in [-0.15, -0.1) is 0 Å². The Bertz CT molecular complexity index is 606. The van der Waals surface area contributed by atoms with Crippen molar-refractivity contribution in [3.63, 3.8) is 0 Å². The Labute approximate surface area is 107 Å². The maximum absolute atomic E-state index is 12.5. The summed E-state index contributed by atoms with van der Waals surface area (Å²) in [4.78, 5) is 16.8. The van der Waals surface area contributed by atoms with Crippen molar-refractivity contribution in [3.8, 4) is 0 Å². The number of rotatable bonds is 3. The van der Waals surface area contributed by atoms with Gasteiger partial charge in [0.15, 0.2) is 0 Å². The molecule has 0 N–H and O–H groups in total. The van der Waals surface area contributed by atoms with Crippen molar-refractivity contribution in [3.05, 3.63) is 42.1 Å². The minimum Gasteiger partial charge on any atom is -0.298 e. The molecular formula is C16H17NO. The highest BCUT2D eigenvalue weighted by Gasteiger charge is 2.52. The zero-order valence-electron chi connectivity index (χ0n) is 10.8. The Balaban J connectivity index is 2.18. The van der Waals surface area contributed by atoms with Gasteiger partial charge >= 0.3 is 0 Å². The Morgan fingerprint density at radius 1 is 1.22 bits per heavy atom. The lowest BCUT2D eigenvalue weighted by Gasteiger charge is -2.18. The molecule has 0 spiro atoms. The van der Waals surface area contributed by atoms with E-state index in [-0.39, 0.29) is 11.3 Å². The number of nitrogens with zero attached hydrogens (tertiary/aromatic N) is 1. The van der Waals surface area contributed by atoms with Crippen LogP contribution in [0, 0.1) is 5.92 Å². The van der Waals surface area contributed by atoms with Crippen molar-refractivity contribution in [2.75, 3.05) is 0 Å². The van der Waals surface area contributed by atoms with Gasteiger partial charge in [0.2, 0.25) is 0 Å². The van der Waals surface area contributed by atoms with Crippen LogP contribution in [0.3, 0.4) is 0 Å². The molecule has 0 bridgehead atoms. The minimum absolute atomic E-state index is 0.0967. The lowest BCUT2D eigenvalue weighted by atomic mass is 9.84. The molecule has 3 rings (SSSR count). The fourth-order valence-electron chi connectivity index (χ4n) is 2.84. The van der Waals surface area contributed by atoms with E-state index < -0.39 is 0 Å². The van der Waals surface area contributed by atoms with Crippen LogP contribution < -0.4 is 0 Å². The van der Waals surface area contributed by atoms with Gasteiger partial charge in [-0.3, -0.25) is 9.78 Å². The monoisotopic (exact) mass is 239 g/mol. The van der Waals surface area contributed by atoms with Crippen molar-refractivity contribution in [1.82, 2.24) is 4.98 Å². The largest absolute Gasteiger partial charge is 0.298 e. The van der Waals surface area contributed by atoms with E-state index in [9.17, 15) is 4.79 Å². The molecule has 1 aliphatic rings. The average Bonchev–Trinajstić information content (AvgIpc) is 3.18. The third kappa shape index (κ3) is 1.56. The predicted octanol–water partition coefficient (Wildman–Crippen LogP) is 3.49. The zero-order valence-corrected chi connectivity index (χ0v) is 10.8. The number of pyridine rings is 1. The van der Waals surface area contributed by atoms with E-state index in [0.29, 0.717) is 5.78 Å². The minimum atomic E-state index is -0.225. The van der Waals surface area contributed by atoms with Gasteiger partial charge in [0.05, 0.1) is 10.9 Å². The topological polar surface area (TPSA) is 30.0 Å². The molecule has 2 nitrogen and oxygen atoms in total. The number of hydrogen-bond acceptors (Lipinski definition) is 2. The van der Waals surface area contributed by atoms with Crippen LogP contribution in [0.2, 0.25) is 0 Å². The van der Waals surface area contributed by atoms with Gasteiger partial charge in [0.1, 0.15) is 5.78 Å². The van der Waals surface area contributed by atoms with Crippen molar-refractivity contribution in [2.24, 2.45) is 5.92 Å². The van der Waals surface area contributed by atoms with Gasteiger partial charge in [-0.25, -0.2) is 0 Å². The van der Waals surface area contributed by atoms with Gasteiger partial charge in [-0.2, -0.15) is 0 Å². The van der Waals surface area contributed by atoms with E-state index in [1.165, 1.54) is 5.56 Å². The molecule has 1 fully saturated rings. The van der Waals surface area contributed by atoms with Gasteiger partial charge in [-0.05, 0) is 30.5 Å². The van der Waals surface area contributed by atoms with Crippen LogP contribution in [0.15, 0.2) is 36.5 Å². The summed E-state index contributed by atoms with van der Waals surface area (Å²) in [6, 6.07) is 10.1. The molecule has 2 aromatic rings. The number of carbonyl (C=O) groups excluding carboxylic acids is 1. The molecule has 0 amide bonds. The van der Waals surface area contributed by atoms with Crippen LogP contribution in [0.25, 0.3) is 10.9 Å². The maximum atomic E-state index is 12.5. The molecule has 1 saturated carbocycles. The quantitative estimate of drug-likeness (QED) is 0.820. The summed E-state index contributed by atoms with van der Waals surface area (Å²) >= 11 is 0. The Morgan fingerprint density at radius 2 is 1.94 bits per heavy atom. The Kier molecular flexibility index (Phi) is 2.47. The number of benzene rings is 1. The Hall–Kier alpha value is -1.70. The maximum Gasteiger partial charge on any atom is 0.145 e. The number of carbonyl (C=O) groups is 1. The number of ketones is 1. The highest BCUT2D eigenvalue weighted by Crippen LogP contribution is 2.52. The molecule has 0 atom stereocenters. The molecule has 0 saturated heterocycles. The number of hydrogen-bond donors (Lipinski definition) is 0. The van der Waals surface area contributed by atoms with Crippen molar-refractivity contribution in [2.45, 2.75) is 32.1 Å². The number of para-hydroxylation sites is 1. The molecule has 0 unspecified atom stereocenters. The first kappa shape index (κ1) is 11.4. The van der Waals surface area contributed by atoms with Gasteiger partial charge < -0.3 is 0 Å². The molecule has 0 aliphatic heterocycles. The number of fused-ring (bicyclic) bond motifs is 1. The molecule has 92 valence electrons. The van der Waals surface area contributed by atoms with Crippen molar-refractivity contribution >= 4 is 16.7 Å². The van der Waals surface area contributed by atoms with Crippen LogP contribution in [0.4, 0.5) is 0 Å². The summed E-state index contributed by atoms with van der Waals surface area (Å²) in [6.45, 7) is 3.98. The zero-order chi connectivity index (χ0) is 12.8. The number of aromatic nitrogens is 1. The van der Waals surface area contributed by atoms with E-state index >= 15 is 0 Å². The fourth-order valence-corrected chi connectivity index (χ4v) is 2.84. The smallest absolute Gasteiger partial charge is 0.145 e. The second-order valence-electron chi connectivity index (χ2n) is 5.48. The molecular weight excluding hydrogens is 222 g/mol. The van der Waals surface area contributed by atoms with Gasteiger partial charge in [0.25, 0.3) is 0 Å². The normalized spacial score (nSPS) is 17.1.